The highest BCUT2D eigenvalue weighted by Gasteiger charge is 2.36. The van der Waals surface area contributed by atoms with E-state index in [2.05, 4.69) is 10.6 Å². The zero-order valence-electron chi connectivity index (χ0n) is 27.0. The maximum atomic E-state index is 13.2. The van der Waals surface area contributed by atoms with E-state index in [1.165, 1.54) is 0 Å². The van der Waals surface area contributed by atoms with Crippen LogP contribution in [0, 0.1) is 5.92 Å². The summed E-state index contributed by atoms with van der Waals surface area (Å²) >= 11 is 0. The summed E-state index contributed by atoms with van der Waals surface area (Å²) in [7, 11) is 3.90. The number of carbonyl (C=O) groups excluding carboxylic acids is 4. The number of anilines is 3. The fourth-order valence-corrected chi connectivity index (χ4v) is 5.98. The Morgan fingerprint density at radius 3 is 1.61 bits per heavy atom. The van der Waals surface area contributed by atoms with Crippen molar-refractivity contribution in [2.45, 2.75) is 51.6 Å². The Morgan fingerprint density at radius 1 is 0.696 bits per heavy atom. The van der Waals surface area contributed by atoms with Gasteiger partial charge in [0.15, 0.2) is 0 Å². The molecule has 0 unspecified atom stereocenters. The number of rotatable bonds is 9. The topological polar surface area (TPSA) is 102 Å². The number of nitrogens with zero attached hydrogens (tertiary/aromatic N) is 3. The van der Waals surface area contributed by atoms with Crippen molar-refractivity contribution in [1.29, 1.82) is 0 Å². The number of nitrogens with one attached hydrogen (secondary N) is 2. The molecular formula is C37H43N5O4. The van der Waals surface area contributed by atoms with E-state index < -0.39 is 12.1 Å². The fraction of sp³-hybridized carbons (Fsp3) is 0.351. The van der Waals surface area contributed by atoms with E-state index in [1.807, 2.05) is 118 Å². The Bertz CT molecular complexity index is 1580. The maximum absolute atomic E-state index is 13.2. The molecule has 0 radical (unpaired) electrons. The van der Waals surface area contributed by atoms with E-state index in [0.29, 0.717) is 42.9 Å². The third-order valence-corrected chi connectivity index (χ3v) is 8.60. The summed E-state index contributed by atoms with van der Waals surface area (Å²) in [5.41, 5.74) is 4.89. The molecule has 0 saturated carbocycles. The molecule has 0 aromatic heterocycles. The van der Waals surface area contributed by atoms with Gasteiger partial charge >= 0.3 is 0 Å². The molecule has 3 aromatic carbocycles. The molecule has 2 N–H and O–H groups in total. The van der Waals surface area contributed by atoms with Crippen LogP contribution in [0.2, 0.25) is 0 Å². The highest BCUT2D eigenvalue weighted by molar-refractivity contribution is 6.02. The van der Waals surface area contributed by atoms with E-state index >= 15 is 0 Å². The van der Waals surface area contributed by atoms with Gasteiger partial charge in [0.05, 0.1) is 0 Å². The Hall–Kier alpha value is -4.92. The lowest BCUT2D eigenvalue weighted by molar-refractivity contribution is -0.139. The minimum Gasteiger partial charge on any atom is -0.378 e. The molecule has 0 bridgehead atoms. The summed E-state index contributed by atoms with van der Waals surface area (Å²) in [6.07, 6.45) is 6.89. The Labute approximate surface area is 271 Å². The fourth-order valence-electron chi connectivity index (χ4n) is 5.98. The second-order valence-electron chi connectivity index (χ2n) is 12.5. The predicted molar refractivity (Wildman–Crippen MR) is 183 cm³/mol. The van der Waals surface area contributed by atoms with Crippen molar-refractivity contribution >= 4 is 52.8 Å². The highest BCUT2D eigenvalue weighted by atomic mass is 16.2. The zero-order chi connectivity index (χ0) is 32.8. The lowest BCUT2D eigenvalue weighted by atomic mass is 10.1. The van der Waals surface area contributed by atoms with Crippen molar-refractivity contribution in [3.8, 4) is 0 Å². The number of likely N-dealkylation sites (tertiary alicyclic amines) is 2. The SMILES string of the molecule is CC(C)C(=O)N1CCC[C@H]1C(=O)Nc1ccc(C=Cc2ccc(NC(=O)[C@@H]3CCCN3C(=O)c3ccc(N(C)C)cc3)cc2)cc1. The Balaban J connectivity index is 1.13. The molecule has 5 rings (SSSR count). The maximum Gasteiger partial charge on any atom is 0.254 e. The van der Waals surface area contributed by atoms with Gasteiger partial charge in [0.1, 0.15) is 12.1 Å². The van der Waals surface area contributed by atoms with Crippen molar-refractivity contribution in [2.75, 3.05) is 42.7 Å². The first kappa shape index (κ1) is 32.5. The molecule has 2 saturated heterocycles. The van der Waals surface area contributed by atoms with E-state index in [4.69, 9.17) is 0 Å². The average molecular weight is 622 g/mol. The van der Waals surface area contributed by atoms with Gasteiger partial charge in [0.25, 0.3) is 5.91 Å². The van der Waals surface area contributed by atoms with Gasteiger partial charge in [-0.15, -0.1) is 0 Å². The van der Waals surface area contributed by atoms with Crippen LogP contribution in [0.5, 0.6) is 0 Å². The van der Waals surface area contributed by atoms with Crippen LogP contribution in [0.1, 0.15) is 61.0 Å². The van der Waals surface area contributed by atoms with Gasteiger partial charge in [-0.1, -0.05) is 50.3 Å². The molecule has 4 amide bonds. The second-order valence-corrected chi connectivity index (χ2v) is 12.5. The summed E-state index contributed by atoms with van der Waals surface area (Å²) in [5, 5.41) is 5.94. The van der Waals surface area contributed by atoms with Gasteiger partial charge in [0.2, 0.25) is 17.7 Å². The number of hydrogen-bond acceptors (Lipinski definition) is 5. The third kappa shape index (κ3) is 7.65. The van der Waals surface area contributed by atoms with Crippen molar-refractivity contribution in [2.24, 2.45) is 5.92 Å². The molecule has 2 aliphatic heterocycles. The minimum absolute atomic E-state index is 0.0170. The second kappa shape index (κ2) is 14.5. The molecule has 3 aromatic rings. The zero-order valence-corrected chi connectivity index (χ0v) is 27.0. The Morgan fingerprint density at radius 2 is 1.15 bits per heavy atom. The average Bonchev–Trinajstić information content (AvgIpc) is 3.75. The monoisotopic (exact) mass is 621 g/mol. The van der Waals surface area contributed by atoms with Crippen molar-refractivity contribution in [1.82, 2.24) is 9.80 Å². The van der Waals surface area contributed by atoms with Gasteiger partial charge in [-0.05, 0) is 85.3 Å². The first-order chi connectivity index (χ1) is 22.1. The van der Waals surface area contributed by atoms with Crippen LogP contribution in [0.4, 0.5) is 17.1 Å². The van der Waals surface area contributed by atoms with Crippen LogP contribution in [0.15, 0.2) is 72.8 Å². The number of amides is 4. The van der Waals surface area contributed by atoms with Crippen LogP contribution in [-0.2, 0) is 14.4 Å². The quantitative estimate of drug-likeness (QED) is 0.296. The molecule has 2 aliphatic rings. The van der Waals surface area contributed by atoms with Crippen LogP contribution in [-0.4, -0.2) is 72.7 Å². The minimum atomic E-state index is -0.506. The molecule has 9 nitrogen and oxygen atoms in total. The lowest BCUT2D eigenvalue weighted by Crippen LogP contribution is -2.44. The molecule has 2 atom stereocenters. The largest absolute Gasteiger partial charge is 0.378 e. The van der Waals surface area contributed by atoms with Gasteiger partial charge < -0.3 is 25.3 Å². The van der Waals surface area contributed by atoms with E-state index in [-0.39, 0.29) is 29.5 Å². The van der Waals surface area contributed by atoms with Crippen molar-refractivity contribution < 1.29 is 19.2 Å². The first-order valence-corrected chi connectivity index (χ1v) is 16.0. The summed E-state index contributed by atoms with van der Waals surface area (Å²) in [5.74, 6) is -0.574. The molecular weight excluding hydrogens is 578 g/mol. The van der Waals surface area contributed by atoms with E-state index in [0.717, 1.165) is 29.7 Å². The number of benzene rings is 3. The molecule has 46 heavy (non-hydrogen) atoms. The van der Waals surface area contributed by atoms with Gasteiger partial charge in [-0.25, -0.2) is 0 Å². The van der Waals surface area contributed by atoms with Gasteiger partial charge in [-0.2, -0.15) is 0 Å². The van der Waals surface area contributed by atoms with Crippen molar-refractivity contribution in [3.05, 3.63) is 89.5 Å². The van der Waals surface area contributed by atoms with E-state index in [1.54, 1.807) is 9.80 Å². The lowest BCUT2D eigenvalue weighted by Gasteiger charge is -2.25. The number of carbonyl (C=O) groups is 4. The Kier molecular flexibility index (Phi) is 10.2. The summed E-state index contributed by atoms with van der Waals surface area (Å²) in [6, 6.07) is 21.6. The molecule has 9 heteroatoms. The van der Waals surface area contributed by atoms with Gasteiger partial charge in [0, 0.05) is 55.7 Å². The third-order valence-electron chi connectivity index (χ3n) is 8.60. The summed E-state index contributed by atoms with van der Waals surface area (Å²) in [4.78, 5) is 57.1. The number of hydrogen-bond donors (Lipinski definition) is 2. The standard InChI is InChI=1S/C37H43N5O4/c1-25(2)36(45)41-23-5-7-32(41)34(43)38-29-17-11-26(12-18-29)9-10-27-13-19-30(20-14-27)39-35(44)33-8-6-24-42(33)37(46)28-15-21-31(22-16-28)40(3)4/h9-22,25,32-33H,5-8,23-24H2,1-4H3,(H,38,43)(H,39,44)/t32-,33-/m0/s1. The van der Waals surface area contributed by atoms with Gasteiger partial charge in [-0.3, -0.25) is 19.2 Å². The van der Waals surface area contributed by atoms with Crippen LogP contribution >= 0.6 is 0 Å². The predicted octanol–water partition coefficient (Wildman–Crippen LogP) is 5.75. The molecule has 0 aliphatic carbocycles. The van der Waals surface area contributed by atoms with Crippen LogP contribution in [0.25, 0.3) is 12.2 Å². The summed E-state index contributed by atoms with van der Waals surface area (Å²) < 4.78 is 0. The molecule has 2 heterocycles. The van der Waals surface area contributed by atoms with Crippen LogP contribution < -0.4 is 15.5 Å². The summed E-state index contributed by atoms with van der Waals surface area (Å²) in [6.45, 7) is 4.90. The first-order valence-electron chi connectivity index (χ1n) is 16.0. The molecule has 0 spiro atoms. The van der Waals surface area contributed by atoms with E-state index in [9.17, 15) is 19.2 Å². The molecule has 240 valence electrons. The smallest absolute Gasteiger partial charge is 0.254 e. The normalized spacial score (nSPS) is 17.8. The van der Waals surface area contributed by atoms with Crippen molar-refractivity contribution in [3.63, 3.8) is 0 Å². The van der Waals surface area contributed by atoms with Crippen LogP contribution in [0.3, 0.4) is 0 Å². The molecule has 2 fully saturated rings. The highest BCUT2D eigenvalue weighted by Crippen LogP contribution is 2.24.